The number of nitrogens with zero attached hydrogens (tertiary/aromatic N) is 2. The lowest BCUT2D eigenvalue weighted by molar-refractivity contribution is 0.297. The van der Waals surface area contributed by atoms with E-state index < -0.39 is 0 Å². The van der Waals surface area contributed by atoms with E-state index in [-0.39, 0.29) is 0 Å². The molecule has 0 saturated heterocycles. The van der Waals surface area contributed by atoms with E-state index in [1.807, 2.05) is 6.07 Å². The molecule has 4 nitrogen and oxygen atoms in total. The van der Waals surface area contributed by atoms with Crippen LogP contribution in [-0.4, -0.2) is 16.6 Å². The number of nitrogens with one attached hydrogen (secondary N) is 1. The van der Waals surface area contributed by atoms with Gasteiger partial charge in [-0.05, 0) is 18.9 Å². The van der Waals surface area contributed by atoms with Crippen LogP contribution in [0.15, 0.2) is 36.7 Å². The molecule has 0 amide bonds. The van der Waals surface area contributed by atoms with Gasteiger partial charge in [-0.15, -0.1) is 0 Å². The average Bonchev–Trinajstić information content (AvgIpc) is 2.47. The van der Waals surface area contributed by atoms with Gasteiger partial charge in [0.1, 0.15) is 12.1 Å². The monoisotopic (exact) mass is 271 g/mol. The van der Waals surface area contributed by atoms with E-state index in [0.717, 1.165) is 25.2 Å². The van der Waals surface area contributed by atoms with Gasteiger partial charge in [-0.3, -0.25) is 0 Å². The first-order chi connectivity index (χ1) is 9.78. The molecule has 0 unspecified atom stereocenters. The first-order valence-corrected chi connectivity index (χ1v) is 7.02. The lowest BCUT2D eigenvalue weighted by Gasteiger charge is -2.08. The molecule has 0 spiro atoms. The molecule has 2 rings (SSSR count). The van der Waals surface area contributed by atoms with Crippen LogP contribution in [0.3, 0.4) is 0 Å². The number of aromatic nitrogens is 2. The molecule has 0 saturated carbocycles. The summed E-state index contributed by atoms with van der Waals surface area (Å²) < 4.78 is 5.56. The first-order valence-electron chi connectivity index (χ1n) is 7.02. The van der Waals surface area contributed by atoms with E-state index in [0.29, 0.717) is 12.5 Å². The van der Waals surface area contributed by atoms with Gasteiger partial charge >= 0.3 is 0 Å². The molecule has 1 heterocycles. The number of benzene rings is 1. The van der Waals surface area contributed by atoms with Crippen LogP contribution in [0.5, 0.6) is 5.88 Å². The molecule has 0 atom stereocenters. The van der Waals surface area contributed by atoms with E-state index in [1.54, 1.807) is 0 Å². The fourth-order valence-corrected chi connectivity index (χ4v) is 1.73. The number of aryl methyl sites for hydroxylation is 1. The Balaban J connectivity index is 1.89. The zero-order valence-electron chi connectivity index (χ0n) is 12.1. The quantitative estimate of drug-likeness (QED) is 0.782. The summed E-state index contributed by atoms with van der Waals surface area (Å²) >= 11 is 0. The van der Waals surface area contributed by atoms with Crippen molar-refractivity contribution in [2.75, 3.05) is 11.9 Å². The van der Waals surface area contributed by atoms with Gasteiger partial charge in [-0.25, -0.2) is 9.97 Å². The molecule has 20 heavy (non-hydrogen) atoms. The molecule has 106 valence electrons. The Bertz CT molecular complexity index is 526. The van der Waals surface area contributed by atoms with E-state index in [9.17, 15) is 0 Å². The summed E-state index contributed by atoms with van der Waals surface area (Å²) in [5.41, 5.74) is 2.49. The van der Waals surface area contributed by atoms with Gasteiger partial charge in [0, 0.05) is 12.6 Å². The summed E-state index contributed by atoms with van der Waals surface area (Å²) in [6.45, 7) is 5.66. The van der Waals surface area contributed by atoms with Crippen molar-refractivity contribution in [2.45, 2.75) is 33.2 Å². The fourth-order valence-electron chi connectivity index (χ4n) is 1.73. The van der Waals surface area contributed by atoms with Crippen molar-refractivity contribution in [3.05, 3.63) is 47.8 Å². The second kappa shape index (κ2) is 7.48. The highest BCUT2D eigenvalue weighted by Crippen LogP contribution is 2.13. The zero-order valence-corrected chi connectivity index (χ0v) is 12.1. The number of hydrogen-bond donors (Lipinski definition) is 1. The number of hydrogen-bond acceptors (Lipinski definition) is 4. The average molecular weight is 271 g/mol. The number of ether oxygens (including phenoxy) is 1. The van der Waals surface area contributed by atoms with Crippen LogP contribution in [0, 0.1) is 6.92 Å². The highest BCUT2D eigenvalue weighted by atomic mass is 16.5. The number of rotatable bonds is 7. The van der Waals surface area contributed by atoms with Crippen molar-refractivity contribution in [3.63, 3.8) is 0 Å². The van der Waals surface area contributed by atoms with Gasteiger partial charge in [0.2, 0.25) is 5.88 Å². The highest BCUT2D eigenvalue weighted by Gasteiger charge is 2.00. The van der Waals surface area contributed by atoms with Gasteiger partial charge in [-0.2, -0.15) is 0 Å². The Morgan fingerprint density at radius 2 is 1.95 bits per heavy atom. The predicted molar refractivity (Wildman–Crippen MR) is 80.9 cm³/mol. The van der Waals surface area contributed by atoms with E-state index in [4.69, 9.17) is 4.74 Å². The zero-order chi connectivity index (χ0) is 14.2. The third-order valence-electron chi connectivity index (χ3n) is 2.98. The Morgan fingerprint density at radius 3 is 2.70 bits per heavy atom. The second-order valence-electron chi connectivity index (χ2n) is 4.78. The molecule has 4 heteroatoms. The predicted octanol–water partition coefficient (Wildman–Crippen LogP) is 3.58. The Hall–Kier alpha value is -2.10. The van der Waals surface area contributed by atoms with Gasteiger partial charge in [0.15, 0.2) is 0 Å². The number of anilines is 1. The van der Waals surface area contributed by atoms with Crippen molar-refractivity contribution < 1.29 is 4.74 Å². The van der Waals surface area contributed by atoms with Gasteiger partial charge in [0.05, 0.1) is 6.61 Å². The Morgan fingerprint density at radius 1 is 1.15 bits per heavy atom. The van der Waals surface area contributed by atoms with Crippen molar-refractivity contribution in [1.29, 1.82) is 0 Å². The van der Waals surface area contributed by atoms with E-state index in [2.05, 4.69) is 53.4 Å². The van der Waals surface area contributed by atoms with E-state index >= 15 is 0 Å². The standard InChI is InChI=1S/C16H21N3O/c1-3-4-9-20-16-10-15(18-12-19-16)17-11-14-7-5-13(2)6-8-14/h5-8,10,12H,3-4,9,11H2,1-2H3,(H,17,18,19). The summed E-state index contributed by atoms with van der Waals surface area (Å²) in [4.78, 5) is 8.30. The van der Waals surface area contributed by atoms with Crippen molar-refractivity contribution in [1.82, 2.24) is 9.97 Å². The van der Waals surface area contributed by atoms with Crippen molar-refractivity contribution in [3.8, 4) is 5.88 Å². The summed E-state index contributed by atoms with van der Waals surface area (Å²) in [5, 5.41) is 3.28. The summed E-state index contributed by atoms with van der Waals surface area (Å²) in [5.74, 6) is 1.41. The maximum atomic E-state index is 5.56. The molecule has 2 aromatic rings. The summed E-state index contributed by atoms with van der Waals surface area (Å²) in [6, 6.07) is 10.3. The van der Waals surface area contributed by atoms with Crippen LogP contribution in [0.1, 0.15) is 30.9 Å². The Kier molecular flexibility index (Phi) is 5.35. The van der Waals surface area contributed by atoms with E-state index in [1.165, 1.54) is 17.5 Å². The van der Waals surface area contributed by atoms with Gasteiger partial charge < -0.3 is 10.1 Å². The fraction of sp³-hybridized carbons (Fsp3) is 0.375. The molecular formula is C16H21N3O. The van der Waals surface area contributed by atoms with Crippen molar-refractivity contribution >= 4 is 5.82 Å². The molecule has 0 aliphatic carbocycles. The molecule has 1 aromatic carbocycles. The third kappa shape index (κ3) is 4.53. The molecule has 0 radical (unpaired) electrons. The summed E-state index contributed by atoms with van der Waals surface area (Å²) in [7, 11) is 0. The van der Waals surface area contributed by atoms with Crippen LogP contribution in [0.4, 0.5) is 5.82 Å². The van der Waals surface area contributed by atoms with Gasteiger partial charge in [0.25, 0.3) is 0 Å². The van der Waals surface area contributed by atoms with Crippen LogP contribution < -0.4 is 10.1 Å². The topological polar surface area (TPSA) is 47.0 Å². The minimum Gasteiger partial charge on any atom is -0.478 e. The first kappa shape index (κ1) is 14.3. The van der Waals surface area contributed by atoms with Gasteiger partial charge in [-0.1, -0.05) is 43.2 Å². The largest absolute Gasteiger partial charge is 0.478 e. The SMILES string of the molecule is CCCCOc1cc(NCc2ccc(C)cc2)ncn1. The smallest absolute Gasteiger partial charge is 0.218 e. The molecule has 1 aromatic heterocycles. The lowest BCUT2D eigenvalue weighted by atomic mass is 10.1. The minimum absolute atomic E-state index is 0.625. The van der Waals surface area contributed by atoms with Crippen LogP contribution in [0.25, 0.3) is 0 Å². The Labute approximate surface area is 120 Å². The molecule has 0 aliphatic rings. The molecular weight excluding hydrogens is 250 g/mol. The molecule has 1 N–H and O–H groups in total. The van der Waals surface area contributed by atoms with Crippen LogP contribution >= 0.6 is 0 Å². The molecule has 0 aliphatic heterocycles. The highest BCUT2D eigenvalue weighted by molar-refractivity contribution is 5.38. The summed E-state index contributed by atoms with van der Waals surface area (Å²) in [6.07, 6.45) is 3.68. The maximum absolute atomic E-state index is 5.56. The minimum atomic E-state index is 0.625. The van der Waals surface area contributed by atoms with Crippen molar-refractivity contribution in [2.24, 2.45) is 0 Å². The molecule has 0 fully saturated rings. The lowest BCUT2D eigenvalue weighted by Crippen LogP contribution is -2.04. The van der Waals surface area contributed by atoms with Crippen LogP contribution in [-0.2, 0) is 6.54 Å². The maximum Gasteiger partial charge on any atom is 0.218 e. The normalized spacial score (nSPS) is 10.3. The number of unbranched alkanes of at least 4 members (excludes halogenated alkanes) is 1. The second-order valence-corrected chi connectivity index (χ2v) is 4.78. The molecule has 0 bridgehead atoms. The third-order valence-corrected chi connectivity index (χ3v) is 2.98. The van der Waals surface area contributed by atoms with Crippen LogP contribution in [0.2, 0.25) is 0 Å².